The number of hydrogen-bond acceptors (Lipinski definition) is 10. The lowest BCUT2D eigenvalue weighted by Crippen LogP contribution is -2.19. The maximum absolute atomic E-state index is 12.8. The van der Waals surface area contributed by atoms with Gasteiger partial charge in [0.1, 0.15) is 21.6 Å². The van der Waals surface area contributed by atoms with Crippen molar-refractivity contribution in [2.45, 2.75) is 68.1 Å². The Balaban J connectivity index is 1.64. The summed E-state index contributed by atoms with van der Waals surface area (Å²) in [6, 6.07) is 26.7. The van der Waals surface area contributed by atoms with Crippen LogP contribution in [0.4, 0.5) is 17.1 Å². The summed E-state index contributed by atoms with van der Waals surface area (Å²) in [4.78, 5) is 1.75. The van der Waals surface area contributed by atoms with E-state index in [0.29, 0.717) is 41.2 Å². The van der Waals surface area contributed by atoms with Crippen molar-refractivity contribution in [3.63, 3.8) is 0 Å². The predicted octanol–water partition coefficient (Wildman–Crippen LogP) is 8.49. The standard InChI is InChI=1S/C43H48N2O9S3/c1-5-9-29-44(37-15-13-17-39(31-37)56(49,50)53-7-3)35-25-21-33(22-26-35)43(41-19-11-12-20-42(41)55(46,47)48)34-23-27-36(28-24-34)45(30-10-6-2)38-16-14-18-40(32-38)57(51,52)54-8-4/h11-28,31-32H,5-10,29-30H2,1-4H3. The predicted molar refractivity (Wildman–Crippen MR) is 222 cm³/mol. The van der Waals surface area contributed by atoms with Crippen molar-refractivity contribution in [2.24, 2.45) is 0 Å². The second kappa shape index (κ2) is 19.2. The largest absolute Gasteiger partial charge is 0.744 e. The van der Waals surface area contributed by atoms with Crippen LogP contribution in [-0.2, 0) is 38.7 Å². The van der Waals surface area contributed by atoms with Crippen LogP contribution in [0.5, 0.6) is 0 Å². The third kappa shape index (κ3) is 10.6. The van der Waals surface area contributed by atoms with Crippen molar-refractivity contribution in [1.29, 1.82) is 0 Å². The van der Waals surface area contributed by atoms with Crippen LogP contribution in [0.1, 0.15) is 64.5 Å². The zero-order valence-electron chi connectivity index (χ0n) is 32.5. The first-order valence-corrected chi connectivity index (χ1v) is 23.1. The molecule has 11 nitrogen and oxygen atoms in total. The molecule has 0 aromatic heterocycles. The van der Waals surface area contributed by atoms with Crippen molar-refractivity contribution in [2.75, 3.05) is 31.2 Å². The van der Waals surface area contributed by atoms with Crippen LogP contribution < -0.4 is 4.90 Å². The fourth-order valence-electron chi connectivity index (χ4n) is 6.49. The van der Waals surface area contributed by atoms with E-state index >= 15 is 0 Å². The fourth-order valence-corrected chi connectivity index (χ4v) is 9.09. The zero-order chi connectivity index (χ0) is 41.2. The second-order valence-corrected chi connectivity index (χ2v) is 17.7. The normalized spacial score (nSPS) is 13.2. The molecule has 0 N–H and O–H groups in total. The number of anilines is 2. The molecule has 14 heteroatoms. The Morgan fingerprint density at radius 2 is 1.25 bits per heavy atom. The average Bonchev–Trinajstić information content (AvgIpc) is 3.19. The summed E-state index contributed by atoms with van der Waals surface area (Å²) in [6.45, 7) is 8.58. The number of allylic oxidation sites excluding steroid dienone is 5. The Hall–Kier alpha value is -4.70. The van der Waals surface area contributed by atoms with Gasteiger partial charge in [0.25, 0.3) is 20.2 Å². The molecule has 5 rings (SSSR count). The molecule has 0 amide bonds. The zero-order valence-corrected chi connectivity index (χ0v) is 34.9. The van der Waals surface area contributed by atoms with Gasteiger partial charge in [-0.2, -0.15) is 21.4 Å². The van der Waals surface area contributed by atoms with E-state index in [1.807, 2.05) is 70.2 Å². The Labute approximate surface area is 337 Å². The Morgan fingerprint density at radius 3 is 1.84 bits per heavy atom. The van der Waals surface area contributed by atoms with Crippen molar-refractivity contribution in [1.82, 2.24) is 0 Å². The molecule has 0 saturated heterocycles. The van der Waals surface area contributed by atoms with Crippen LogP contribution >= 0.6 is 0 Å². The minimum atomic E-state index is -4.88. The van der Waals surface area contributed by atoms with Gasteiger partial charge >= 0.3 is 0 Å². The molecule has 302 valence electrons. The molecular formula is C43H48N2O9S3. The van der Waals surface area contributed by atoms with Crippen molar-refractivity contribution in [3.8, 4) is 0 Å². The molecule has 0 atom stereocenters. The summed E-state index contributed by atoms with van der Waals surface area (Å²) in [5.74, 6) is 0. The Kier molecular flexibility index (Phi) is 14.6. The smallest absolute Gasteiger partial charge is 0.297 e. The van der Waals surface area contributed by atoms with Crippen molar-refractivity contribution in [3.05, 3.63) is 138 Å². The molecule has 0 unspecified atom stereocenters. The van der Waals surface area contributed by atoms with Gasteiger partial charge in [0, 0.05) is 54.2 Å². The van der Waals surface area contributed by atoms with Crippen LogP contribution in [0.2, 0.25) is 0 Å². The molecule has 57 heavy (non-hydrogen) atoms. The van der Waals surface area contributed by atoms with E-state index in [-0.39, 0.29) is 33.5 Å². The summed E-state index contributed by atoms with van der Waals surface area (Å²) in [6.07, 6.45) is 10.9. The van der Waals surface area contributed by atoms with Crippen molar-refractivity contribution >= 4 is 58.7 Å². The first kappa shape index (κ1) is 43.4. The maximum Gasteiger partial charge on any atom is 0.297 e. The minimum absolute atomic E-state index is 0.0122. The highest BCUT2D eigenvalue weighted by atomic mass is 32.2. The van der Waals surface area contributed by atoms with E-state index < -0.39 is 30.4 Å². The van der Waals surface area contributed by atoms with Crippen LogP contribution in [0.25, 0.3) is 5.57 Å². The maximum atomic E-state index is 12.8. The van der Waals surface area contributed by atoms with E-state index in [1.54, 1.807) is 50.2 Å². The lowest BCUT2D eigenvalue weighted by molar-refractivity contribution is -0.439. The van der Waals surface area contributed by atoms with Gasteiger partial charge in [0.05, 0.1) is 23.0 Å². The Morgan fingerprint density at radius 1 is 0.649 bits per heavy atom. The lowest BCUT2D eigenvalue weighted by atomic mass is 9.90. The molecule has 0 aliphatic heterocycles. The number of hydrogen-bond donors (Lipinski definition) is 0. The highest BCUT2D eigenvalue weighted by molar-refractivity contribution is 7.87. The van der Waals surface area contributed by atoms with E-state index in [0.717, 1.165) is 37.1 Å². The van der Waals surface area contributed by atoms with Crippen LogP contribution in [0, 0.1) is 0 Å². The van der Waals surface area contributed by atoms with Gasteiger partial charge in [-0.1, -0.05) is 69.2 Å². The van der Waals surface area contributed by atoms with E-state index in [2.05, 4.69) is 13.8 Å². The summed E-state index contributed by atoms with van der Waals surface area (Å²) < 4.78 is 101. The van der Waals surface area contributed by atoms with Gasteiger partial charge in [-0.05, 0) is 91.6 Å². The molecule has 4 aromatic rings. The van der Waals surface area contributed by atoms with Gasteiger partial charge in [-0.3, -0.25) is 8.37 Å². The topological polar surface area (TPSA) is 150 Å². The summed E-state index contributed by atoms with van der Waals surface area (Å²) >= 11 is 0. The highest BCUT2D eigenvalue weighted by Crippen LogP contribution is 2.36. The van der Waals surface area contributed by atoms with E-state index in [9.17, 15) is 29.8 Å². The molecule has 0 heterocycles. The number of benzene rings is 4. The average molecular weight is 833 g/mol. The molecule has 0 radical (unpaired) electrons. The molecule has 1 aliphatic carbocycles. The molecule has 1 aliphatic rings. The highest BCUT2D eigenvalue weighted by Gasteiger charge is 2.23. The molecule has 0 spiro atoms. The number of rotatable bonds is 18. The van der Waals surface area contributed by atoms with E-state index in [1.165, 1.54) is 24.3 Å². The summed E-state index contributed by atoms with van der Waals surface area (Å²) in [5.41, 5.74) is 4.90. The third-order valence-electron chi connectivity index (χ3n) is 9.21. The van der Waals surface area contributed by atoms with Crippen LogP contribution in [0.15, 0.2) is 142 Å². The lowest BCUT2D eigenvalue weighted by Gasteiger charge is -2.26. The van der Waals surface area contributed by atoms with Gasteiger partial charge in [-0.25, -0.2) is 8.42 Å². The fraction of sp³-hybridized carbons (Fsp3) is 0.279. The van der Waals surface area contributed by atoms with Crippen LogP contribution in [-0.4, -0.2) is 66.4 Å². The molecule has 4 aromatic carbocycles. The SMILES string of the molecule is CCCCN(c1ccc(C(=C2C=CC(=[N+](CCCC)c3cccc(S(=O)(=O)OCC)c3)C=C2)c2ccccc2S(=O)(=O)[O-])cc1)c1cccc(S(=O)(=O)OCC)c1. The molecular weight excluding hydrogens is 785 g/mol. The summed E-state index contributed by atoms with van der Waals surface area (Å²) in [7, 11) is -12.8. The monoisotopic (exact) mass is 832 g/mol. The van der Waals surface area contributed by atoms with Crippen molar-refractivity contribution < 1.29 is 42.7 Å². The van der Waals surface area contributed by atoms with Gasteiger partial charge < -0.3 is 9.45 Å². The molecule has 0 bridgehead atoms. The Bertz CT molecular complexity index is 2510. The number of unbranched alkanes of at least 4 members (excludes halogenated alkanes) is 2. The van der Waals surface area contributed by atoms with Gasteiger partial charge in [0.2, 0.25) is 11.4 Å². The van der Waals surface area contributed by atoms with Gasteiger partial charge in [0.15, 0.2) is 0 Å². The van der Waals surface area contributed by atoms with Crippen LogP contribution in [0.3, 0.4) is 0 Å². The quantitative estimate of drug-likeness (QED) is 0.0543. The van der Waals surface area contributed by atoms with Gasteiger partial charge in [-0.15, -0.1) is 0 Å². The molecule has 0 fully saturated rings. The number of nitrogens with zero attached hydrogens (tertiary/aromatic N) is 2. The third-order valence-corrected chi connectivity index (χ3v) is 12.9. The molecule has 0 saturated carbocycles. The first-order chi connectivity index (χ1) is 27.2. The minimum Gasteiger partial charge on any atom is -0.744 e. The van der Waals surface area contributed by atoms with E-state index in [4.69, 9.17) is 8.37 Å². The second-order valence-electron chi connectivity index (χ2n) is 13.1. The first-order valence-electron chi connectivity index (χ1n) is 18.9. The summed E-state index contributed by atoms with van der Waals surface area (Å²) in [5, 5.41) is 0.